The summed E-state index contributed by atoms with van der Waals surface area (Å²) in [5.74, 6) is 0. The average Bonchev–Trinajstić information content (AvgIpc) is 0.773. The van der Waals surface area contributed by atoms with Crippen molar-refractivity contribution < 1.29 is 66.0 Å². The van der Waals surface area contributed by atoms with Crippen molar-refractivity contribution in [1.82, 2.24) is 0 Å². The predicted molar refractivity (Wildman–Crippen MR) is 346 cm³/mol. The van der Waals surface area contributed by atoms with Crippen molar-refractivity contribution in [2.75, 3.05) is 26.4 Å². The quantitative estimate of drug-likeness (QED) is 0.0130. The molecule has 0 aliphatic carbocycles. The Morgan fingerprint density at radius 3 is 1.36 bits per heavy atom. The number of ether oxygens (including phenoxy) is 13. The van der Waals surface area contributed by atoms with Crippen LogP contribution in [0.1, 0.15) is 86.6 Å². The number of unbranched alkanes of at least 4 members (excludes halogenated alkanes) is 2. The summed E-state index contributed by atoms with van der Waals surface area (Å²) in [6.07, 6.45) is -11.5. The zero-order valence-corrected chi connectivity index (χ0v) is 54.4. The van der Waals surface area contributed by atoms with Gasteiger partial charge in [0.15, 0.2) is 33.5 Å². The van der Waals surface area contributed by atoms with E-state index in [1.165, 1.54) is 0 Å². The zero-order valence-electron chi connectivity index (χ0n) is 53.4. The van der Waals surface area contributed by atoms with Gasteiger partial charge in [-0.3, -0.25) is 0 Å². The molecule has 0 radical (unpaired) electrons. The highest BCUT2D eigenvalue weighted by Crippen LogP contribution is 2.45. The third kappa shape index (κ3) is 18.5. The maximum atomic E-state index is 10.9. The third-order valence-electron chi connectivity index (χ3n) is 17.4. The fraction of sp³-hybridized carbons (Fsp3) is 0.493. The van der Waals surface area contributed by atoms with Crippen LogP contribution in [-0.4, -0.2) is 127 Å². The van der Waals surface area contributed by atoms with Gasteiger partial charge in [-0.1, -0.05) is 233 Å². The van der Waals surface area contributed by atoms with Crippen molar-refractivity contribution in [2.45, 2.75) is 196 Å². The highest BCUT2D eigenvalue weighted by molar-refractivity contribution is 6.74. The molecule has 0 bridgehead atoms. The number of rotatable bonds is 31. The Kier molecular flexibility index (Phi) is 25.4. The first-order valence-electron chi connectivity index (χ1n) is 32.1. The van der Waals surface area contributed by atoms with Gasteiger partial charge in [-0.05, 0) is 63.4 Å². The molecule has 4 heterocycles. The summed E-state index contributed by atoms with van der Waals surface area (Å²) >= 11 is 0. The molecule has 10 rings (SSSR count). The van der Waals surface area contributed by atoms with Crippen molar-refractivity contribution in [2.24, 2.45) is 10.2 Å². The van der Waals surface area contributed by atoms with Gasteiger partial charge in [-0.2, -0.15) is 0 Å². The number of azide groups is 2. The Labute approximate surface area is 541 Å². The van der Waals surface area contributed by atoms with Crippen molar-refractivity contribution in [3.05, 3.63) is 236 Å². The number of benzene rings is 6. The molecule has 4 fully saturated rings. The number of nitrogens with zero attached hydrogens (tertiary/aromatic N) is 6. The lowest BCUT2D eigenvalue weighted by Gasteiger charge is -2.53. The van der Waals surface area contributed by atoms with Gasteiger partial charge in [0.05, 0.1) is 52.9 Å². The SMILES string of the molecule is CCCCCO[C@@H]1O[C@H](COCc2ccccc2)[C@@H](O[C@@H]2O[C@H](COCc3ccccc3)[C@@H](O[C@@H]3O[C@@H]4COC(c5ccccc5)O[C@H]4[C@H](O[Si](C)(C)C(C)(C)C)[C@@H]3OCc3ccccc3)[C@H](OCc3ccccc3)[C@H]2N=[N+]=[N-])[C@H](OCc2ccccc2)[C@H]1N=[N+]=[N-]. The molecule has 4 saturated heterocycles. The standard InChI is InChI=1S/C71H88N6O14Si/c1-7-8-27-40-80-68-58(74-76-72)63(81-43-51-32-19-11-20-33-51)60(55(85-68)46-78-41-49-28-15-9-16-29-49)89-69-59(75-77-73)64(82-44-52-34-21-12-22-35-52)61(56(86-69)47-79-42-50-30-17-10-18-31-50)90-70-66(83-45-53-36-23-13-24-37-53)65(91-92(5,6)71(2,3)4)62-57(87-70)48-84-67(88-62)54-38-25-14-26-39-54/h9-26,28-39,55-70H,7-8,27,40-48H2,1-6H3/t55-,56-,57-,58-,59-,60-,61-,62-,63-,64-,65+,66+,67?,68-,69+,70+/m1/s1. The topological polar surface area (TPSA) is 227 Å². The molecule has 6 aromatic carbocycles. The van der Waals surface area contributed by atoms with Gasteiger partial charge in [-0.15, -0.1) is 0 Å². The summed E-state index contributed by atoms with van der Waals surface area (Å²) < 4.78 is 98.3. The summed E-state index contributed by atoms with van der Waals surface area (Å²) in [6.45, 7) is 14.1. The molecule has 20 nitrogen and oxygen atoms in total. The van der Waals surface area contributed by atoms with E-state index in [-0.39, 0.29) is 57.9 Å². The fourth-order valence-electron chi connectivity index (χ4n) is 11.5. The van der Waals surface area contributed by atoms with Crippen LogP contribution in [0, 0.1) is 0 Å². The molecule has 92 heavy (non-hydrogen) atoms. The number of fused-ring (bicyclic) bond motifs is 1. The fourth-order valence-corrected chi connectivity index (χ4v) is 12.8. The van der Waals surface area contributed by atoms with Gasteiger partial charge in [-0.25, -0.2) is 0 Å². The molecular formula is C71H88N6O14Si. The molecule has 0 amide bonds. The third-order valence-corrected chi connectivity index (χ3v) is 21.9. The monoisotopic (exact) mass is 1280 g/mol. The maximum absolute atomic E-state index is 10.9. The molecule has 0 N–H and O–H groups in total. The maximum Gasteiger partial charge on any atom is 0.192 e. The Balaban J connectivity index is 1.07. The smallest absolute Gasteiger partial charge is 0.192 e. The van der Waals surface area contributed by atoms with Crippen molar-refractivity contribution in [3.8, 4) is 0 Å². The van der Waals surface area contributed by atoms with Crippen LogP contribution < -0.4 is 0 Å². The number of hydrogen-bond acceptors (Lipinski definition) is 16. The molecule has 0 aromatic heterocycles. The zero-order chi connectivity index (χ0) is 64.1. The lowest BCUT2D eigenvalue weighted by molar-refractivity contribution is -0.389. The van der Waals surface area contributed by atoms with Gasteiger partial charge in [0.1, 0.15) is 73.1 Å². The molecule has 0 spiro atoms. The largest absolute Gasteiger partial charge is 0.408 e. The van der Waals surface area contributed by atoms with E-state index in [2.05, 4.69) is 60.8 Å². The van der Waals surface area contributed by atoms with Gasteiger partial charge < -0.3 is 66.0 Å². The van der Waals surface area contributed by atoms with Gasteiger partial charge in [0, 0.05) is 22.0 Å². The number of hydrogen-bond donors (Lipinski definition) is 0. The lowest BCUT2D eigenvalue weighted by Crippen LogP contribution is -2.68. The Bertz CT molecular complexity index is 3210. The Morgan fingerprint density at radius 2 is 0.902 bits per heavy atom. The molecule has 490 valence electrons. The minimum atomic E-state index is -2.69. The van der Waals surface area contributed by atoms with Gasteiger partial charge in [0.2, 0.25) is 0 Å². The van der Waals surface area contributed by atoms with Crippen LogP contribution in [0.25, 0.3) is 20.9 Å². The first kappa shape index (κ1) is 68.5. The molecule has 21 heteroatoms. The highest BCUT2D eigenvalue weighted by atomic mass is 28.4. The summed E-state index contributed by atoms with van der Waals surface area (Å²) in [6, 6.07) is 56.2. The van der Waals surface area contributed by atoms with E-state index < -0.39 is 107 Å². The molecule has 1 unspecified atom stereocenters. The molecule has 4 aliphatic heterocycles. The van der Waals surface area contributed by atoms with Crippen molar-refractivity contribution >= 4 is 8.32 Å². The first-order chi connectivity index (χ1) is 44.9. The van der Waals surface area contributed by atoms with E-state index in [0.29, 0.717) is 6.61 Å². The molecule has 16 atom stereocenters. The van der Waals surface area contributed by atoms with E-state index in [1.807, 2.05) is 182 Å². The second kappa shape index (κ2) is 34.1. The van der Waals surface area contributed by atoms with Crippen molar-refractivity contribution in [1.29, 1.82) is 0 Å². The Hall–Kier alpha value is -6.40. The highest BCUT2D eigenvalue weighted by Gasteiger charge is 2.59. The minimum absolute atomic E-state index is 0.0338. The lowest BCUT2D eigenvalue weighted by atomic mass is 9.94. The van der Waals surface area contributed by atoms with Crippen LogP contribution in [0.2, 0.25) is 18.1 Å². The summed E-state index contributed by atoms with van der Waals surface area (Å²) in [4.78, 5) is 6.81. The van der Waals surface area contributed by atoms with E-state index in [4.69, 9.17) is 66.0 Å². The van der Waals surface area contributed by atoms with E-state index in [9.17, 15) is 11.1 Å². The van der Waals surface area contributed by atoms with Crippen LogP contribution in [-0.2, 0) is 99.0 Å². The predicted octanol–water partition coefficient (Wildman–Crippen LogP) is 14.2. The summed E-state index contributed by atoms with van der Waals surface area (Å²) in [5, 5.41) is 8.61. The summed E-state index contributed by atoms with van der Waals surface area (Å²) in [7, 11) is -2.69. The molecule has 0 saturated carbocycles. The van der Waals surface area contributed by atoms with E-state index in [0.717, 1.165) is 52.6 Å². The Morgan fingerprint density at radius 1 is 0.478 bits per heavy atom. The van der Waals surface area contributed by atoms with E-state index >= 15 is 0 Å². The van der Waals surface area contributed by atoms with Crippen LogP contribution in [0.5, 0.6) is 0 Å². The summed E-state index contributed by atoms with van der Waals surface area (Å²) in [5.41, 5.74) is 26.5. The first-order valence-corrected chi connectivity index (χ1v) is 35.0. The molecule has 6 aromatic rings. The van der Waals surface area contributed by atoms with Crippen molar-refractivity contribution in [3.63, 3.8) is 0 Å². The van der Waals surface area contributed by atoms with Crippen LogP contribution >= 0.6 is 0 Å². The normalized spacial score (nSPS) is 28.3. The van der Waals surface area contributed by atoms with Crippen LogP contribution in [0.15, 0.2) is 192 Å². The average molecular weight is 1280 g/mol. The van der Waals surface area contributed by atoms with E-state index in [1.54, 1.807) is 0 Å². The minimum Gasteiger partial charge on any atom is -0.408 e. The second-order valence-corrected chi connectivity index (χ2v) is 29.9. The van der Waals surface area contributed by atoms with Crippen LogP contribution in [0.4, 0.5) is 0 Å². The second-order valence-electron chi connectivity index (χ2n) is 25.1. The van der Waals surface area contributed by atoms with Crippen LogP contribution in [0.3, 0.4) is 0 Å². The van der Waals surface area contributed by atoms with Gasteiger partial charge >= 0.3 is 0 Å². The molecular weight excluding hydrogens is 1190 g/mol. The van der Waals surface area contributed by atoms with Gasteiger partial charge in [0.25, 0.3) is 0 Å². The molecule has 4 aliphatic rings.